The molecule has 130 valence electrons. The molecule has 0 N–H and O–H groups in total. The zero-order chi connectivity index (χ0) is 17.4. The van der Waals surface area contributed by atoms with Crippen molar-refractivity contribution < 1.29 is 14.1 Å². The third-order valence-corrected chi connectivity index (χ3v) is 5.34. The van der Waals surface area contributed by atoms with E-state index in [0.29, 0.717) is 24.5 Å². The number of carbonyl (C=O) groups is 1. The maximum absolute atomic E-state index is 12.4. The van der Waals surface area contributed by atoms with Crippen LogP contribution in [0.25, 0.3) is 10.2 Å². The number of thiazole rings is 1. The van der Waals surface area contributed by atoms with E-state index in [1.165, 1.54) is 0 Å². The van der Waals surface area contributed by atoms with Crippen LogP contribution in [-0.2, 0) is 0 Å². The molecule has 1 amide bonds. The largest absolute Gasteiger partial charge is 0.497 e. The van der Waals surface area contributed by atoms with Crippen molar-refractivity contribution in [1.29, 1.82) is 0 Å². The summed E-state index contributed by atoms with van der Waals surface area (Å²) >= 11 is 1.65. The number of hydrogen-bond acceptors (Lipinski definition) is 7. The fourth-order valence-corrected chi connectivity index (χ4v) is 3.92. The number of anilines is 1. The maximum atomic E-state index is 12.4. The smallest absolute Gasteiger partial charge is 0.292 e. The predicted molar refractivity (Wildman–Crippen MR) is 95.5 cm³/mol. The van der Waals surface area contributed by atoms with Gasteiger partial charge in [-0.15, -0.1) is 0 Å². The Balaban J connectivity index is 1.45. The molecule has 8 heteroatoms. The molecule has 0 saturated carbocycles. The van der Waals surface area contributed by atoms with Crippen LogP contribution in [-0.4, -0.2) is 54.2 Å². The van der Waals surface area contributed by atoms with Crippen molar-refractivity contribution in [2.24, 2.45) is 0 Å². The van der Waals surface area contributed by atoms with Gasteiger partial charge in [0.15, 0.2) is 5.13 Å². The number of fused-ring (bicyclic) bond motifs is 1. The fraction of sp³-hybridized carbons (Fsp3) is 0.353. The third-order valence-electron chi connectivity index (χ3n) is 4.26. The Morgan fingerprint density at radius 3 is 2.72 bits per heavy atom. The van der Waals surface area contributed by atoms with E-state index >= 15 is 0 Å². The van der Waals surface area contributed by atoms with Gasteiger partial charge in [-0.2, -0.15) is 0 Å². The van der Waals surface area contributed by atoms with Gasteiger partial charge >= 0.3 is 0 Å². The summed E-state index contributed by atoms with van der Waals surface area (Å²) in [6.45, 7) is 4.57. The van der Waals surface area contributed by atoms with Gasteiger partial charge < -0.3 is 19.1 Å². The van der Waals surface area contributed by atoms with Crippen LogP contribution >= 0.6 is 11.3 Å². The Bertz CT molecular complexity index is 912. The SMILES string of the molecule is COc1ccc2nc(N3CCN(C(=O)c4cc(C)no4)CC3)sc2c1. The topological polar surface area (TPSA) is 71.7 Å². The van der Waals surface area contributed by atoms with Crippen LogP contribution in [0.2, 0.25) is 0 Å². The lowest BCUT2D eigenvalue weighted by atomic mass is 10.3. The lowest BCUT2D eigenvalue weighted by Crippen LogP contribution is -2.48. The van der Waals surface area contributed by atoms with Gasteiger partial charge in [0.2, 0.25) is 5.76 Å². The molecule has 1 aromatic carbocycles. The molecule has 0 atom stereocenters. The first-order valence-corrected chi connectivity index (χ1v) is 8.88. The van der Waals surface area contributed by atoms with Gasteiger partial charge in [-0.05, 0) is 25.1 Å². The summed E-state index contributed by atoms with van der Waals surface area (Å²) in [6, 6.07) is 7.57. The van der Waals surface area contributed by atoms with Crippen LogP contribution in [0.4, 0.5) is 5.13 Å². The van der Waals surface area contributed by atoms with E-state index in [0.717, 1.165) is 34.2 Å². The van der Waals surface area contributed by atoms with Gasteiger partial charge in [0.1, 0.15) is 5.75 Å². The van der Waals surface area contributed by atoms with Gasteiger partial charge in [0.05, 0.1) is 23.0 Å². The first-order chi connectivity index (χ1) is 12.1. The van der Waals surface area contributed by atoms with Gasteiger partial charge in [0.25, 0.3) is 5.91 Å². The molecule has 2 aromatic heterocycles. The normalized spacial score (nSPS) is 15.0. The molecule has 0 aliphatic carbocycles. The lowest BCUT2D eigenvalue weighted by Gasteiger charge is -2.33. The predicted octanol–water partition coefficient (Wildman–Crippen LogP) is 2.56. The molecular formula is C17H18N4O3S. The van der Waals surface area contributed by atoms with Crippen LogP contribution in [0.1, 0.15) is 16.2 Å². The highest BCUT2D eigenvalue weighted by atomic mass is 32.1. The first kappa shape index (κ1) is 15.9. The molecule has 1 saturated heterocycles. The molecule has 3 heterocycles. The zero-order valence-corrected chi connectivity index (χ0v) is 14.9. The molecule has 4 rings (SSSR count). The molecule has 7 nitrogen and oxygen atoms in total. The Labute approximate surface area is 148 Å². The molecule has 25 heavy (non-hydrogen) atoms. The van der Waals surface area contributed by atoms with Crippen molar-refractivity contribution in [2.45, 2.75) is 6.92 Å². The highest BCUT2D eigenvalue weighted by molar-refractivity contribution is 7.22. The van der Waals surface area contributed by atoms with Crippen molar-refractivity contribution in [2.75, 3.05) is 38.2 Å². The van der Waals surface area contributed by atoms with Crippen LogP contribution in [0.3, 0.4) is 0 Å². The number of amides is 1. The van der Waals surface area contributed by atoms with E-state index in [2.05, 4.69) is 10.1 Å². The first-order valence-electron chi connectivity index (χ1n) is 8.06. The minimum absolute atomic E-state index is 0.103. The highest BCUT2D eigenvalue weighted by Crippen LogP contribution is 2.31. The standard InChI is InChI=1S/C17H18N4O3S/c1-11-9-14(24-19-11)16(22)20-5-7-21(8-6-20)17-18-13-4-3-12(23-2)10-15(13)25-17/h3-4,9-10H,5-8H2,1-2H3. The quantitative estimate of drug-likeness (QED) is 0.717. The van der Waals surface area contributed by atoms with Crippen LogP contribution in [0, 0.1) is 6.92 Å². The number of rotatable bonds is 3. The summed E-state index contributed by atoms with van der Waals surface area (Å²) < 4.78 is 11.4. The van der Waals surface area contributed by atoms with Gasteiger partial charge in [0, 0.05) is 32.2 Å². The number of benzene rings is 1. The number of aromatic nitrogens is 2. The number of nitrogens with zero attached hydrogens (tertiary/aromatic N) is 4. The second-order valence-electron chi connectivity index (χ2n) is 5.94. The number of carbonyl (C=O) groups excluding carboxylic acids is 1. The summed E-state index contributed by atoms with van der Waals surface area (Å²) in [4.78, 5) is 21.1. The molecule has 1 aliphatic heterocycles. The highest BCUT2D eigenvalue weighted by Gasteiger charge is 2.26. The number of aryl methyl sites for hydroxylation is 1. The van der Waals surface area contributed by atoms with E-state index in [-0.39, 0.29) is 5.91 Å². The van der Waals surface area contributed by atoms with Crippen molar-refractivity contribution >= 4 is 32.6 Å². The molecule has 1 aliphatic rings. The van der Waals surface area contributed by atoms with Crippen LogP contribution in [0.15, 0.2) is 28.8 Å². The van der Waals surface area contributed by atoms with E-state index in [4.69, 9.17) is 14.2 Å². The maximum Gasteiger partial charge on any atom is 0.292 e. The second kappa shape index (κ2) is 6.36. The number of ether oxygens (including phenoxy) is 1. The van der Waals surface area contributed by atoms with E-state index in [9.17, 15) is 4.79 Å². The molecule has 0 bridgehead atoms. The Morgan fingerprint density at radius 2 is 2.04 bits per heavy atom. The fourth-order valence-electron chi connectivity index (χ4n) is 2.88. The summed E-state index contributed by atoms with van der Waals surface area (Å²) in [5, 5.41) is 4.76. The van der Waals surface area contributed by atoms with Gasteiger partial charge in [-0.25, -0.2) is 4.98 Å². The minimum atomic E-state index is -0.103. The molecular weight excluding hydrogens is 340 g/mol. The third kappa shape index (κ3) is 3.05. The van der Waals surface area contributed by atoms with Crippen molar-refractivity contribution in [1.82, 2.24) is 15.0 Å². The number of piperazine rings is 1. The summed E-state index contributed by atoms with van der Waals surface area (Å²) in [5.74, 6) is 1.03. The van der Waals surface area contributed by atoms with Crippen molar-refractivity contribution in [3.63, 3.8) is 0 Å². The van der Waals surface area contributed by atoms with Gasteiger partial charge in [-0.3, -0.25) is 4.79 Å². The van der Waals surface area contributed by atoms with E-state index < -0.39 is 0 Å². The lowest BCUT2D eigenvalue weighted by molar-refractivity contribution is 0.0704. The van der Waals surface area contributed by atoms with E-state index in [1.807, 2.05) is 18.2 Å². The summed E-state index contributed by atoms with van der Waals surface area (Å²) in [7, 11) is 1.66. The average Bonchev–Trinajstić information content (AvgIpc) is 3.26. The monoisotopic (exact) mass is 358 g/mol. The average molecular weight is 358 g/mol. The summed E-state index contributed by atoms with van der Waals surface area (Å²) in [5.41, 5.74) is 1.68. The number of methoxy groups -OCH3 is 1. The van der Waals surface area contributed by atoms with E-state index in [1.54, 1.807) is 36.3 Å². The van der Waals surface area contributed by atoms with Gasteiger partial charge in [-0.1, -0.05) is 16.5 Å². The molecule has 0 unspecified atom stereocenters. The van der Waals surface area contributed by atoms with Crippen LogP contribution in [0.5, 0.6) is 5.75 Å². The molecule has 3 aromatic rings. The molecule has 0 spiro atoms. The van der Waals surface area contributed by atoms with Crippen molar-refractivity contribution in [3.05, 3.63) is 35.7 Å². The Hall–Kier alpha value is -2.61. The Kier molecular flexibility index (Phi) is 4.04. The minimum Gasteiger partial charge on any atom is -0.497 e. The van der Waals surface area contributed by atoms with Crippen LogP contribution < -0.4 is 9.64 Å². The zero-order valence-electron chi connectivity index (χ0n) is 14.1. The second-order valence-corrected chi connectivity index (χ2v) is 6.95. The Morgan fingerprint density at radius 1 is 1.24 bits per heavy atom. The molecule has 0 radical (unpaired) electrons. The van der Waals surface area contributed by atoms with Crippen molar-refractivity contribution in [3.8, 4) is 5.75 Å². The summed E-state index contributed by atoms with van der Waals surface area (Å²) in [6.07, 6.45) is 0. The molecule has 1 fully saturated rings. The number of hydrogen-bond donors (Lipinski definition) is 0.